The summed E-state index contributed by atoms with van der Waals surface area (Å²) < 4.78 is 26.3. The Kier molecular flexibility index (Phi) is 5.12. The van der Waals surface area contributed by atoms with Crippen LogP contribution in [0.5, 0.6) is 0 Å². The van der Waals surface area contributed by atoms with E-state index in [2.05, 4.69) is 4.72 Å². The molecule has 0 saturated heterocycles. The smallest absolute Gasteiger partial charge is 0.250 e. The highest BCUT2D eigenvalue weighted by Gasteiger charge is 2.25. The van der Waals surface area contributed by atoms with Gasteiger partial charge in [-0.3, -0.25) is 4.79 Å². The van der Waals surface area contributed by atoms with Gasteiger partial charge in [0.1, 0.15) is 4.21 Å². The molecule has 0 amide bonds. The van der Waals surface area contributed by atoms with Crippen molar-refractivity contribution in [2.75, 3.05) is 0 Å². The van der Waals surface area contributed by atoms with Gasteiger partial charge in [0.15, 0.2) is 0 Å². The van der Waals surface area contributed by atoms with Crippen molar-refractivity contribution in [1.82, 2.24) is 4.72 Å². The lowest BCUT2D eigenvalue weighted by atomic mass is 10.1. The van der Waals surface area contributed by atoms with E-state index in [1.165, 1.54) is 6.07 Å². The minimum Gasteiger partial charge on any atom is -0.279 e. The fourth-order valence-corrected chi connectivity index (χ4v) is 3.75. The Morgan fingerprint density at radius 1 is 1.53 bits per heavy atom. The van der Waals surface area contributed by atoms with E-state index in [4.69, 9.17) is 11.6 Å². The summed E-state index contributed by atoms with van der Waals surface area (Å²) in [5.74, 6) is 0.175. The fraction of sp³-hybridized carbons (Fsp3) is 0.500. The summed E-state index contributed by atoms with van der Waals surface area (Å²) in [6.45, 7) is 3.79. The summed E-state index contributed by atoms with van der Waals surface area (Å²) in [4.78, 5) is 11.2. The molecule has 0 bridgehead atoms. The number of thiophene rings is 1. The van der Waals surface area contributed by atoms with Gasteiger partial charge in [0.25, 0.3) is 10.0 Å². The number of hydrogen-bond donors (Lipinski definition) is 1. The van der Waals surface area contributed by atoms with Crippen molar-refractivity contribution < 1.29 is 13.2 Å². The fourth-order valence-electron chi connectivity index (χ4n) is 1.32. The maximum absolute atomic E-state index is 11.9. The molecule has 0 aliphatic rings. The minimum absolute atomic E-state index is 0.175. The average molecular weight is 296 g/mol. The van der Waals surface area contributed by atoms with Crippen molar-refractivity contribution >= 4 is 38.2 Å². The van der Waals surface area contributed by atoms with Crippen molar-refractivity contribution in [3.05, 3.63) is 17.5 Å². The summed E-state index contributed by atoms with van der Waals surface area (Å²) in [5, 5.41) is 0.980. The second-order valence-corrected chi connectivity index (χ2v) is 7.30. The van der Waals surface area contributed by atoms with Gasteiger partial charge in [-0.25, -0.2) is 8.42 Å². The molecule has 17 heavy (non-hydrogen) atoms. The standard InChI is InChI=1S/C10H14ClNO3S2/c1-7(2)6-8(10(11)13)12-17(14,15)9-4-3-5-16-9/h3-5,7-8,12H,6H2,1-2H3. The van der Waals surface area contributed by atoms with Crippen LogP contribution in [-0.2, 0) is 14.8 Å². The largest absolute Gasteiger partial charge is 0.279 e. The number of hydrogen-bond acceptors (Lipinski definition) is 4. The Balaban J connectivity index is 2.84. The quantitative estimate of drug-likeness (QED) is 0.818. The third kappa shape index (κ3) is 4.39. The van der Waals surface area contributed by atoms with Crippen LogP contribution in [0.2, 0.25) is 0 Å². The van der Waals surface area contributed by atoms with Crippen LogP contribution in [-0.4, -0.2) is 19.7 Å². The van der Waals surface area contributed by atoms with Crippen LogP contribution in [0.1, 0.15) is 20.3 Å². The van der Waals surface area contributed by atoms with Gasteiger partial charge in [-0.15, -0.1) is 11.3 Å². The molecule has 96 valence electrons. The van der Waals surface area contributed by atoms with E-state index < -0.39 is 21.3 Å². The second kappa shape index (κ2) is 5.95. The molecule has 1 N–H and O–H groups in total. The molecule has 0 radical (unpaired) electrons. The van der Waals surface area contributed by atoms with E-state index in [1.807, 2.05) is 13.8 Å². The SMILES string of the molecule is CC(C)CC(NS(=O)(=O)c1cccs1)C(=O)Cl. The summed E-state index contributed by atoms with van der Waals surface area (Å²) in [5.41, 5.74) is 0. The molecule has 7 heteroatoms. The number of rotatable bonds is 6. The third-order valence-electron chi connectivity index (χ3n) is 2.04. The van der Waals surface area contributed by atoms with Crippen LogP contribution >= 0.6 is 22.9 Å². The lowest BCUT2D eigenvalue weighted by Gasteiger charge is -2.16. The van der Waals surface area contributed by atoms with Crippen LogP contribution < -0.4 is 4.72 Å². The number of nitrogens with one attached hydrogen (secondary N) is 1. The maximum Gasteiger partial charge on any atom is 0.250 e. The molecule has 1 aromatic rings. The van der Waals surface area contributed by atoms with Crippen molar-refractivity contribution in [3.63, 3.8) is 0 Å². The summed E-state index contributed by atoms with van der Waals surface area (Å²) in [7, 11) is -3.64. The Labute approximate surface area is 110 Å². The van der Waals surface area contributed by atoms with Crippen molar-refractivity contribution in [2.24, 2.45) is 5.92 Å². The molecule has 1 aromatic heterocycles. The molecule has 1 heterocycles. The molecule has 0 spiro atoms. The van der Waals surface area contributed by atoms with Crippen molar-refractivity contribution in [3.8, 4) is 0 Å². The zero-order chi connectivity index (χ0) is 13.1. The Morgan fingerprint density at radius 3 is 2.59 bits per heavy atom. The van der Waals surface area contributed by atoms with E-state index >= 15 is 0 Å². The molecule has 0 aliphatic carbocycles. The predicted molar refractivity (Wildman–Crippen MR) is 68.7 cm³/mol. The first-order valence-corrected chi connectivity index (χ1v) is 7.82. The molecule has 1 atom stereocenters. The van der Waals surface area contributed by atoms with Crippen LogP contribution in [0, 0.1) is 5.92 Å². The van der Waals surface area contributed by atoms with Gasteiger partial charge in [-0.2, -0.15) is 4.72 Å². The van der Waals surface area contributed by atoms with Crippen LogP contribution in [0.4, 0.5) is 0 Å². The molecule has 0 fully saturated rings. The monoisotopic (exact) mass is 295 g/mol. The van der Waals surface area contributed by atoms with Crippen molar-refractivity contribution in [2.45, 2.75) is 30.5 Å². The Hall–Kier alpha value is -0.430. The molecular formula is C10H14ClNO3S2. The first kappa shape index (κ1) is 14.6. The highest BCUT2D eigenvalue weighted by molar-refractivity contribution is 7.91. The lowest BCUT2D eigenvalue weighted by molar-refractivity contribution is -0.113. The highest BCUT2D eigenvalue weighted by atomic mass is 35.5. The molecular weight excluding hydrogens is 282 g/mol. The molecule has 4 nitrogen and oxygen atoms in total. The first-order valence-electron chi connectivity index (χ1n) is 5.08. The molecule has 1 rings (SSSR count). The normalized spacial score (nSPS) is 13.9. The summed E-state index contributed by atoms with van der Waals surface area (Å²) >= 11 is 6.49. The van der Waals surface area contributed by atoms with E-state index in [1.54, 1.807) is 11.4 Å². The van der Waals surface area contributed by atoms with Gasteiger partial charge < -0.3 is 0 Å². The zero-order valence-electron chi connectivity index (χ0n) is 9.51. The maximum atomic E-state index is 11.9. The molecule has 1 unspecified atom stereocenters. The molecule has 0 aromatic carbocycles. The first-order chi connectivity index (χ1) is 7.83. The zero-order valence-corrected chi connectivity index (χ0v) is 11.9. The van der Waals surface area contributed by atoms with E-state index in [9.17, 15) is 13.2 Å². The lowest BCUT2D eigenvalue weighted by Crippen LogP contribution is -2.39. The van der Waals surface area contributed by atoms with Gasteiger partial charge in [0.05, 0.1) is 6.04 Å². The number of carbonyl (C=O) groups excluding carboxylic acids is 1. The van der Waals surface area contributed by atoms with E-state index in [0.29, 0.717) is 6.42 Å². The summed E-state index contributed by atoms with van der Waals surface area (Å²) in [6, 6.07) is 2.25. The van der Waals surface area contributed by atoms with Gasteiger partial charge >= 0.3 is 0 Å². The van der Waals surface area contributed by atoms with Gasteiger partial charge in [0.2, 0.25) is 5.24 Å². The van der Waals surface area contributed by atoms with Gasteiger partial charge in [0, 0.05) is 0 Å². The second-order valence-electron chi connectivity index (χ2n) is 4.04. The van der Waals surface area contributed by atoms with E-state index in [-0.39, 0.29) is 10.1 Å². The number of halogens is 1. The Bertz CT molecular complexity index is 468. The minimum atomic E-state index is -3.64. The van der Waals surface area contributed by atoms with Crippen LogP contribution in [0.3, 0.4) is 0 Å². The Morgan fingerprint density at radius 2 is 2.18 bits per heavy atom. The van der Waals surface area contributed by atoms with E-state index in [0.717, 1.165) is 11.3 Å². The predicted octanol–water partition coefficient (Wildman–Crippen LogP) is 2.21. The number of sulfonamides is 1. The van der Waals surface area contributed by atoms with Gasteiger partial charge in [-0.05, 0) is 35.4 Å². The third-order valence-corrected chi connectivity index (χ3v) is 5.17. The molecule has 0 saturated carbocycles. The van der Waals surface area contributed by atoms with Crippen LogP contribution in [0.25, 0.3) is 0 Å². The number of carbonyl (C=O) groups is 1. The van der Waals surface area contributed by atoms with Gasteiger partial charge in [-0.1, -0.05) is 19.9 Å². The van der Waals surface area contributed by atoms with Crippen molar-refractivity contribution in [1.29, 1.82) is 0 Å². The summed E-state index contributed by atoms with van der Waals surface area (Å²) in [6.07, 6.45) is 0.382. The van der Waals surface area contributed by atoms with Crippen LogP contribution in [0.15, 0.2) is 21.7 Å². The topological polar surface area (TPSA) is 63.2 Å². The average Bonchev–Trinajstić information content (AvgIpc) is 2.68. The highest BCUT2D eigenvalue weighted by Crippen LogP contribution is 2.17. The molecule has 0 aliphatic heterocycles.